The van der Waals surface area contributed by atoms with Crippen molar-refractivity contribution in [3.63, 3.8) is 0 Å². The molecule has 0 bridgehead atoms. The van der Waals surface area contributed by atoms with E-state index >= 15 is 0 Å². The molecule has 1 heterocycles. The van der Waals surface area contributed by atoms with Crippen molar-refractivity contribution in [3.8, 4) is 11.4 Å². The molecule has 0 aliphatic heterocycles. The van der Waals surface area contributed by atoms with E-state index in [1.807, 2.05) is 77.4 Å². The van der Waals surface area contributed by atoms with Crippen molar-refractivity contribution in [2.45, 2.75) is 6.54 Å². The van der Waals surface area contributed by atoms with Crippen molar-refractivity contribution in [2.24, 2.45) is 0 Å². The molecule has 0 aliphatic rings. The Morgan fingerprint density at radius 1 is 0.926 bits per heavy atom. The van der Waals surface area contributed by atoms with Crippen LogP contribution < -0.4 is 5.32 Å². The van der Waals surface area contributed by atoms with E-state index in [4.69, 9.17) is 4.98 Å². The number of para-hydroxylation sites is 2. The number of hydrogen-bond acceptors (Lipinski definition) is 2. The lowest BCUT2D eigenvalue weighted by Gasteiger charge is -2.11. The molecule has 1 aromatic heterocycles. The van der Waals surface area contributed by atoms with Crippen LogP contribution in [0.5, 0.6) is 0 Å². The summed E-state index contributed by atoms with van der Waals surface area (Å²) >= 11 is 6.93. The number of fused-ring (bicyclic) bond motifs is 1. The van der Waals surface area contributed by atoms with Gasteiger partial charge >= 0.3 is 0 Å². The minimum Gasteiger partial charge on any atom is -0.324 e. The highest BCUT2D eigenvalue weighted by atomic mass is 79.9. The van der Waals surface area contributed by atoms with Gasteiger partial charge in [0.25, 0.3) is 0 Å². The molecule has 0 saturated carbocycles. The van der Waals surface area contributed by atoms with Crippen LogP contribution in [0.25, 0.3) is 22.4 Å². The first-order chi connectivity index (χ1) is 13.1. The summed E-state index contributed by atoms with van der Waals surface area (Å²) < 4.78 is 3.84. The number of nitrogens with one attached hydrogen (secondary N) is 1. The van der Waals surface area contributed by atoms with Gasteiger partial charge < -0.3 is 9.88 Å². The van der Waals surface area contributed by atoms with Crippen LogP contribution in [0.3, 0.4) is 0 Å². The first-order valence-electron chi connectivity index (χ1n) is 8.37. The van der Waals surface area contributed by atoms with Crippen molar-refractivity contribution < 1.29 is 4.79 Å². The van der Waals surface area contributed by atoms with E-state index in [-0.39, 0.29) is 12.5 Å². The molecular formula is C21H15Br2N3O. The van der Waals surface area contributed by atoms with Crippen LogP contribution in [0.1, 0.15) is 0 Å². The molecule has 0 unspecified atom stereocenters. The molecular weight excluding hydrogens is 470 g/mol. The number of amides is 1. The third-order valence-corrected chi connectivity index (χ3v) is 5.13. The molecule has 0 aliphatic carbocycles. The second kappa shape index (κ2) is 7.66. The lowest BCUT2D eigenvalue weighted by atomic mass is 10.2. The van der Waals surface area contributed by atoms with Crippen LogP contribution in [0, 0.1) is 0 Å². The van der Waals surface area contributed by atoms with Crippen molar-refractivity contribution in [1.82, 2.24) is 9.55 Å². The first-order valence-corrected chi connectivity index (χ1v) is 9.95. The predicted octanol–water partition coefficient (Wildman–Crippen LogP) is 5.87. The zero-order valence-electron chi connectivity index (χ0n) is 14.2. The molecule has 1 N–H and O–H groups in total. The molecule has 134 valence electrons. The molecule has 4 rings (SSSR count). The second-order valence-electron chi connectivity index (χ2n) is 6.08. The Hall–Kier alpha value is -2.44. The zero-order chi connectivity index (χ0) is 18.8. The van der Waals surface area contributed by atoms with Crippen LogP contribution in [0.15, 0.2) is 81.7 Å². The van der Waals surface area contributed by atoms with Gasteiger partial charge in [-0.3, -0.25) is 4.79 Å². The Kier molecular flexibility index (Phi) is 5.09. The van der Waals surface area contributed by atoms with Gasteiger partial charge in [-0.15, -0.1) is 0 Å². The van der Waals surface area contributed by atoms with Crippen LogP contribution in [-0.4, -0.2) is 15.5 Å². The third-order valence-electron chi connectivity index (χ3n) is 4.15. The molecule has 0 radical (unpaired) electrons. The standard InChI is InChI=1S/C21H15Br2N3O/c22-15-6-3-5-14(11-15)21-25-18-9-1-2-10-19(18)26(21)13-20(27)24-17-8-4-7-16(23)12-17/h1-12H,13H2,(H,24,27). The van der Waals surface area contributed by atoms with E-state index in [1.54, 1.807) is 0 Å². The minimum atomic E-state index is -0.104. The number of rotatable bonds is 4. The average Bonchev–Trinajstić information content (AvgIpc) is 3.00. The molecule has 0 spiro atoms. The molecule has 0 atom stereocenters. The fraction of sp³-hybridized carbons (Fsp3) is 0.0476. The lowest BCUT2D eigenvalue weighted by Crippen LogP contribution is -2.19. The summed E-state index contributed by atoms with van der Waals surface area (Å²) in [7, 11) is 0. The summed E-state index contributed by atoms with van der Waals surface area (Å²) in [6, 6.07) is 23.3. The minimum absolute atomic E-state index is 0.104. The highest BCUT2D eigenvalue weighted by molar-refractivity contribution is 9.10. The van der Waals surface area contributed by atoms with E-state index in [0.29, 0.717) is 0 Å². The fourth-order valence-electron chi connectivity index (χ4n) is 2.99. The number of carbonyl (C=O) groups excluding carboxylic acids is 1. The number of hydrogen-bond donors (Lipinski definition) is 1. The average molecular weight is 485 g/mol. The monoisotopic (exact) mass is 483 g/mol. The van der Waals surface area contributed by atoms with Gasteiger partial charge in [0, 0.05) is 20.2 Å². The smallest absolute Gasteiger partial charge is 0.244 e. The summed E-state index contributed by atoms with van der Waals surface area (Å²) in [6.07, 6.45) is 0. The first kappa shape index (κ1) is 17.9. The second-order valence-corrected chi connectivity index (χ2v) is 7.91. The van der Waals surface area contributed by atoms with Gasteiger partial charge in [-0.1, -0.05) is 62.2 Å². The topological polar surface area (TPSA) is 46.9 Å². The van der Waals surface area contributed by atoms with Gasteiger partial charge in [-0.25, -0.2) is 4.98 Å². The summed E-state index contributed by atoms with van der Waals surface area (Å²) in [5.74, 6) is 0.661. The van der Waals surface area contributed by atoms with E-state index in [9.17, 15) is 4.79 Å². The van der Waals surface area contributed by atoms with Crippen molar-refractivity contribution >= 4 is 54.5 Å². The molecule has 27 heavy (non-hydrogen) atoms. The van der Waals surface area contributed by atoms with Crippen LogP contribution in [0.4, 0.5) is 5.69 Å². The molecule has 0 fully saturated rings. The fourth-order valence-corrected chi connectivity index (χ4v) is 3.79. The maximum absolute atomic E-state index is 12.7. The molecule has 0 saturated heterocycles. The van der Waals surface area contributed by atoms with E-state index in [0.717, 1.165) is 37.1 Å². The number of aromatic nitrogens is 2. The molecule has 3 aromatic carbocycles. The summed E-state index contributed by atoms with van der Waals surface area (Å²) in [6.45, 7) is 0.175. The predicted molar refractivity (Wildman–Crippen MR) is 116 cm³/mol. The van der Waals surface area contributed by atoms with Crippen LogP contribution >= 0.6 is 31.9 Å². The van der Waals surface area contributed by atoms with Crippen molar-refractivity contribution in [1.29, 1.82) is 0 Å². The van der Waals surface area contributed by atoms with Crippen LogP contribution in [-0.2, 0) is 11.3 Å². The van der Waals surface area contributed by atoms with Gasteiger partial charge in [0.1, 0.15) is 12.4 Å². The summed E-state index contributed by atoms with van der Waals surface area (Å²) in [4.78, 5) is 17.5. The number of halogens is 2. The maximum Gasteiger partial charge on any atom is 0.244 e. The van der Waals surface area contributed by atoms with Gasteiger partial charge in [0.05, 0.1) is 11.0 Å². The summed E-state index contributed by atoms with van der Waals surface area (Å²) in [5.41, 5.74) is 3.50. The molecule has 6 heteroatoms. The molecule has 1 amide bonds. The van der Waals surface area contributed by atoms with Gasteiger partial charge in [-0.05, 0) is 42.5 Å². The number of carbonyl (C=O) groups is 1. The normalized spacial score (nSPS) is 10.9. The Morgan fingerprint density at radius 3 is 2.44 bits per heavy atom. The van der Waals surface area contributed by atoms with E-state index in [2.05, 4.69) is 37.2 Å². The molecule has 4 nitrogen and oxygen atoms in total. The quantitative estimate of drug-likeness (QED) is 0.394. The number of benzene rings is 3. The van der Waals surface area contributed by atoms with Crippen molar-refractivity contribution in [3.05, 3.63) is 81.7 Å². The number of nitrogens with zero attached hydrogens (tertiary/aromatic N) is 2. The number of imidazole rings is 1. The SMILES string of the molecule is O=C(Cn1c(-c2cccc(Br)c2)nc2ccccc21)Nc1cccc(Br)c1. The van der Waals surface area contributed by atoms with Crippen LogP contribution in [0.2, 0.25) is 0 Å². The Balaban J connectivity index is 1.71. The van der Waals surface area contributed by atoms with E-state index < -0.39 is 0 Å². The number of anilines is 1. The van der Waals surface area contributed by atoms with Gasteiger partial charge in [0.2, 0.25) is 5.91 Å². The highest BCUT2D eigenvalue weighted by Gasteiger charge is 2.15. The third kappa shape index (κ3) is 3.96. The van der Waals surface area contributed by atoms with E-state index in [1.165, 1.54) is 0 Å². The van der Waals surface area contributed by atoms with Gasteiger partial charge in [-0.2, -0.15) is 0 Å². The highest BCUT2D eigenvalue weighted by Crippen LogP contribution is 2.27. The van der Waals surface area contributed by atoms with Crippen molar-refractivity contribution in [2.75, 3.05) is 5.32 Å². The lowest BCUT2D eigenvalue weighted by molar-refractivity contribution is -0.116. The molecule has 4 aromatic rings. The zero-order valence-corrected chi connectivity index (χ0v) is 17.4. The Labute approximate surface area is 173 Å². The Bertz CT molecular complexity index is 1140. The maximum atomic E-state index is 12.7. The largest absolute Gasteiger partial charge is 0.324 e. The Morgan fingerprint density at radius 2 is 1.67 bits per heavy atom. The summed E-state index contributed by atoms with van der Waals surface area (Å²) in [5, 5.41) is 2.95. The van der Waals surface area contributed by atoms with Gasteiger partial charge in [0.15, 0.2) is 0 Å².